The van der Waals surface area contributed by atoms with E-state index in [4.69, 9.17) is 9.47 Å². The summed E-state index contributed by atoms with van der Waals surface area (Å²) in [6.07, 6.45) is 1.51. The van der Waals surface area contributed by atoms with Gasteiger partial charge in [0, 0.05) is 70.4 Å². The summed E-state index contributed by atoms with van der Waals surface area (Å²) >= 11 is 0. The van der Waals surface area contributed by atoms with Crippen molar-refractivity contribution in [2.24, 2.45) is 5.92 Å². The lowest BCUT2D eigenvalue weighted by Gasteiger charge is -2.39. The highest BCUT2D eigenvalue weighted by Gasteiger charge is 2.32. The average Bonchev–Trinajstić information content (AvgIpc) is 2.84. The molecule has 178 valence electrons. The summed E-state index contributed by atoms with van der Waals surface area (Å²) in [5.74, 6) is 1.95. The van der Waals surface area contributed by atoms with E-state index in [1.807, 2.05) is 46.7 Å². The van der Waals surface area contributed by atoms with Crippen LogP contribution >= 0.6 is 0 Å². The van der Waals surface area contributed by atoms with Crippen LogP contribution in [0.4, 0.5) is 4.79 Å². The molecule has 0 aliphatic carbocycles. The molecule has 32 heavy (non-hydrogen) atoms. The molecule has 3 rings (SSSR count). The van der Waals surface area contributed by atoms with Crippen LogP contribution in [-0.2, 0) is 11.3 Å². The van der Waals surface area contributed by atoms with Crippen LogP contribution in [-0.4, -0.2) is 98.1 Å². The fourth-order valence-corrected chi connectivity index (χ4v) is 4.64. The molecule has 8 nitrogen and oxygen atoms in total. The molecular formula is C24H38N4O4. The van der Waals surface area contributed by atoms with Gasteiger partial charge >= 0.3 is 6.03 Å². The molecule has 0 aromatic heterocycles. The van der Waals surface area contributed by atoms with E-state index in [0.717, 1.165) is 75.7 Å². The fraction of sp³-hybridized carbons (Fsp3) is 0.667. The van der Waals surface area contributed by atoms with E-state index in [2.05, 4.69) is 4.90 Å². The standard InChI is InChI=1S/C24H38N4O4/c1-5-26(6-2)24(30)28-11-9-19(10-12-28)23(29)27-15-13-25(14-16-27)18-20-17-21(31-3)7-8-22(20)32-4/h7-8,17,19H,5-6,9-16,18H2,1-4H3. The van der Waals surface area contributed by atoms with Crippen molar-refractivity contribution in [3.8, 4) is 11.5 Å². The molecule has 0 saturated carbocycles. The first kappa shape index (κ1) is 24.2. The van der Waals surface area contributed by atoms with Gasteiger partial charge in [-0.15, -0.1) is 0 Å². The van der Waals surface area contributed by atoms with Crippen molar-refractivity contribution in [2.45, 2.75) is 33.2 Å². The molecule has 3 amide bonds. The highest BCUT2D eigenvalue weighted by Crippen LogP contribution is 2.26. The number of amides is 3. The van der Waals surface area contributed by atoms with Gasteiger partial charge in [-0.05, 0) is 44.9 Å². The maximum Gasteiger partial charge on any atom is 0.319 e. The number of carbonyl (C=O) groups excluding carboxylic acids is 2. The van der Waals surface area contributed by atoms with Gasteiger partial charge in [0.15, 0.2) is 0 Å². The summed E-state index contributed by atoms with van der Waals surface area (Å²) < 4.78 is 10.9. The Labute approximate surface area is 192 Å². The van der Waals surface area contributed by atoms with E-state index in [1.165, 1.54) is 0 Å². The first-order valence-corrected chi connectivity index (χ1v) is 11.8. The Hall–Kier alpha value is -2.48. The van der Waals surface area contributed by atoms with Gasteiger partial charge in [0.25, 0.3) is 0 Å². The summed E-state index contributed by atoms with van der Waals surface area (Å²) in [6, 6.07) is 5.96. The van der Waals surface area contributed by atoms with Gasteiger partial charge in [0.05, 0.1) is 14.2 Å². The SMILES string of the molecule is CCN(CC)C(=O)N1CCC(C(=O)N2CCN(Cc3cc(OC)ccc3OC)CC2)CC1. The van der Waals surface area contributed by atoms with Crippen molar-refractivity contribution >= 4 is 11.9 Å². The van der Waals surface area contributed by atoms with Crippen LogP contribution in [0.15, 0.2) is 18.2 Å². The molecule has 8 heteroatoms. The van der Waals surface area contributed by atoms with Gasteiger partial charge in [-0.25, -0.2) is 4.79 Å². The maximum atomic E-state index is 13.1. The highest BCUT2D eigenvalue weighted by atomic mass is 16.5. The number of piperidine rings is 1. The number of urea groups is 1. The van der Waals surface area contributed by atoms with Crippen LogP contribution in [0.1, 0.15) is 32.3 Å². The molecule has 0 atom stereocenters. The van der Waals surface area contributed by atoms with Crippen LogP contribution in [0.3, 0.4) is 0 Å². The Bertz CT molecular complexity index is 767. The third-order valence-corrected chi connectivity index (χ3v) is 6.71. The molecule has 0 N–H and O–H groups in total. The summed E-state index contributed by atoms with van der Waals surface area (Å²) in [5, 5.41) is 0. The smallest absolute Gasteiger partial charge is 0.319 e. The number of nitrogens with zero attached hydrogens (tertiary/aromatic N) is 4. The highest BCUT2D eigenvalue weighted by molar-refractivity contribution is 5.80. The predicted molar refractivity (Wildman–Crippen MR) is 124 cm³/mol. The van der Waals surface area contributed by atoms with E-state index < -0.39 is 0 Å². The molecule has 2 saturated heterocycles. The van der Waals surface area contributed by atoms with Crippen molar-refractivity contribution in [2.75, 3.05) is 66.6 Å². The number of ether oxygens (including phenoxy) is 2. The Kier molecular flexibility index (Phi) is 8.61. The zero-order valence-electron chi connectivity index (χ0n) is 20.0. The lowest BCUT2D eigenvalue weighted by molar-refractivity contribution is -0.138. The third kappa shape index (κ3) is 5.65. The Morgan fingerprint density at radius 2 is 1.59 bits per heavy atom. The fourth-order valence-electron chi connectivity index (χ4n) is 4.64. The molecule has 0 bridgehead atoms. The van der Waals surface area contributed by atoms with Crippen molar-refractivity contribution in [3.63, 3.8) is 0 Å². The van der Waals surface area contributed by atoms with Crippen molar-refractivity contribution in [1.82, 2.24) is 19.6 Å². The first-order valence-electron chi connectivity index (χ1n) is 11.8. The van der Waals surface area contributed by atoms with E-state index in [1.54, 1.807) is 14.2 Å². The third-order valence-electron chi connectivity index (χ3n) is 6.71. The second-order valence-electron chi connectivity index (χ2n) is 8.50. The van der Waals surface area contributed by atoms with Crippen LogP contribution in [0, 0.1) is 5.92 Å². The van der Waals surface area contributed by atoms with E-state index in [0.29, 0.717) is 13.1 Å². The maximum absolute atomic E-state index is 13.1. The molecule has 1 aromatic rings. The lowest BCUT2D eigenvalue weighted by atomic mass is 9.95. The predicted octanol–water partition coefficient (Wildman–Crippen LogP) is 2.52. The Balaban J connectivity index is 1.48. The largest absolute Gasteiger partial charge is 0.497 e. The van der Waals surface area contributed by atoms with Crippen LogP contribution < -0.4 is 9.47 Å². The quantitative estimate of drug-likeness (QED) is 0.644. The Morgan fingerprint density at radius 3 is 2.16 bits per heavy atom. The molecule has 2 aliphatic heterocycles. The number of likely N-dealkylation sites (tertiary alicyclic amines) is 1. The first-order chi connectivity index (χ1) is 15.5. The number of benzene rings is 1. The van der Waals surface area contributed by atoms with E-state index in [9.17, 15) is 9.59 Å². The lowest BCUT2D eigenvalue weighted by Crippen LogP contribution is -2.52. The molecule has 2 fully saturated rings. The monoisotopic (exact) mass is 446 g/mol. The molecule has 0 radical (unpaired) electrons. The molecule has 1 aromatic carbocycles. The van der Waals surface area contributed by atoms with Crippen LogP contribution in [0.5, 0.6) is 11.5 Å². The van der Waals surface area contributed by atoms with Gasteiger partial charge in [-0.3, -0.25) is 9.69 Å². The normalized spacial score (nSPS) is 17.9. The van der Waals surface area contributed by atoms with Crippen LogP contribution in [0.2, 0.25) is 0 Å². The van der Waals surface area contributed by atoms with Crippen molar-refractivity contribution in [1.29, 1.82) is 0 Å². The second kappa shape index (κ2) is 11.4. The summed E-state index contributed by atoms with van der Waals surface area (Å²) in [6.45, 7) is 10.7. The summed E-state index contributed by atoms with van der Waals surface area (Å²) in [7, 11) is 3.35. The van der Waals surface area contributed by atoms with E-state index >= 15 is 0 Å². The average molecular weight is 447 g/mol. The number of carbonyl (C=O) groups is 2. The van der Waals surface area contributed by atoms with Gasteiger partial charge in [0.2, 0.25) is 5.91 Å². The van der Waals surface area contributed by atoms with Crippen molar-refractivity contribution in [3.05, 3.63) is 23.8 Å². The van der Waals surface area contributed by atoms with E-state index in [-0.39, 0.29) is 17.9 Å². The molecular weight excluding hydrogens is 408 g/mol. The second-order valence-corrected chi connectivity index (χ2v) is 8.50. The van der Waals surface area contributed by atoms with Gasteiger partial charge in [-0.2, -0.15) is 0 Å². The zero-order valence-corrected chi connectivity index (χ0v) is 20.0. The summed E-state index contributed by atoms with van der Waals surface area (Å²) in [5.41, 5.74) is 1.09. The summed E-state index contributed by atoms with van der Waals surface area (Å²) in [4.78, 5) is 33.7. The number of rotatable bonds is 7. The van der Waals surface area contributed by atoms with Crippen molar-refractivity contribution < 1.29 is 19.1 Å². The molecule has 0 unspecified atom stereocenters. The number of piperazine rings is 1. The van der Waals surface area contributed by atoms with Crippen LogP contribution in [0.25, 0.3) is 0 Å². The minimum absolute atomic E-state index is 0.0285. The molecule has 2 heterocycles. The van der Waals surface area contributed by atoms with Gasteiger partial charge in [0.1, 0.15) is 11.5 Å². The number of hydrogen-bond acceptors (Lipinski definition) is 5. The topological polar surface area (TPSA) is 65.6 Å². The Morgan fingerprint density at radius 1 is 0.938 bits per heavy atom. The molecule has 2 aliphatic rings. The minimum Gasteiger partial charge on any atom is -0.497 e. The van der Waals surface area contributed by atoms with Gasteiger partial charge in [-0.1, -0.05) is 0 Å². The zero-order chi connectivity index (χ0) is 23.1. The number of hydrogen-bond donors (Lipinski definition) is 0. The van der Waals surface area contributed by atoms with Gasteiger partial charge < -0.3 is 24.2 Å². The minimum atomic E-state index is 0.0285. The number of methoxy groups -OCH3 is 2. The molecule has 0 spiro atoms.